The Bertz CT molecular complexity index is 1330. The largest absolute Gasteiger partial charge is 0.493 e. The van der Waals surface area contributed by atoms with Crippen molar-refractivity contribution in [1.29, 1.82) is 0 Å². The molecule has 6 atom stereocenters. The van der Waals surface area contributed by atoms with E-state index in [1.807, 2.05) is 19.2 Å². The van der Waals surface area contributed by atoms with E-state index >= 15 is 0 Å². The number of hydrogen-bond acceptors (Lipinski definition) is 11. The number of nitrogens with zero attached hydrogens (tertiary/aromatic N) is 1. The van der Waals surface area contributed by atoms with Crippen molar-refractivity contribution in [3.8, 4) is 11.5 Å². The van der Waals surface area contributed by atoms with Gasteiger partial charge in [-0.25, -0.2) is 4.79 Å². The first-order chi connectivity index (χ1) is 19.9. The van der Waals surface area contributed by atoms with E-state index in [2.05, 4.69) is 10.2 Å². The molecule has 1 amide bonds. The zero-order valence-corrected chi connectivity index (χ0v) is 23.9. The van der Waals surface area contributed by atoms with Crippen LogP contribution in [0.15, 0.2) is 24.0 Å². The van der Waals surface area contributed by atoms with Gasteiger partial charge in [0.1, 0.15) is 11.8 Å². The Kier molecular flexibility index (Phi) is 7.94. The van der Waals surface area contributed by atoms with Crippen molar-refractivity contribution in [2.24, 2.45) is 5.73 Å². The summed E-state index contributed by atoms with van der Waals surface area (Å²) in [5, 5.41) is 23.5. The lowest BCUT2D eigenvalue weighted by atomic mass is 9.50. The van der Waals surface area contributed by atoms with Crippen molar-refractivity contribution in [3.05, 3.63) is 35.1 Å². The first kappa shape index (κ1) is 29.8. The van der Waals surface area contributed by atoms with Crippen molar-refractivity contribution in [1.82, 2.24) is 10.2 Å². The van der Waals surface area contributed by atoms with E-state index in [-0.39, 0.29) is 44.0 Å². The molecule has 5 rings (SSSR count). The average Bonchev–Trinajstić information content (AvgIpc) is 3.30. The molecule has 42 heavy (non-hydrogen) atoms. The fourth-order valence-electron chi connectivity index (χ4n) is 6.89. The number of nitrogens with one attached hydrogen (secondary N) is 1. The minimum Gasteiger partial charge on any atom is -0.493 e. The third-order valence-corrected chi connectivity index (χ3v) is 9.07. The molecule has 1 spiro atoms. The minimum absolute atomic E-state index is 0.0374. The second-order valence-corrected chi connectivity index (χ2v) is 11.4. The molecule has 2 bridgehead atoms. The van der Waals surface area contributed by atoms with E-state index in [1.165, 1.54) is 6.92 Å². The van der Waals surface area contributed by atoms with Gasteiger partial charge in [0.2, 0.25) is 5.91 Å². The highest BCUT2D eigenvalue weighted by Gasteiger charge is 2.72. The van der Waals surface area contributed by atoms with Gasteiger partial charge in [-0.3, -0.25) is 14.4 Å². The summed E-state index contributed by atoms with van der Waals surface area (Å²) in [6.45, 7) is 2.06. The van der Waals surface area contributed by atoms with Crippen LogP contribution in [0.2, 0.25) is 0 Å². The number of esters is 2. The number of carbonyl (C=O) groups excluding carboxylic acids is 3. The highest BCUT2D eigenvalue weighted by atomic mass is 16.6. The van der Waals surface area contributed by atoms with Crippen LogP contribution in [0.5, 0.6) is 11.5 Å². The number of likely N-dealkylation sites (tertiary alicyclic amines) is 1. The topological polar surface area (TPSA) is 187 Å². The summed E-state index contributed by atoms with van der Waals surface area (Å²) >= 11 is 0. The number of carbonyl (C=O) groups is 4. The van der Waals surface area contributed by atoms with Crippen LogP contribution in [-0.2, 0) is 40.5 Å². The van der Waals surface area contributed by atoms with Gasteiger partial charge in [0.05, 0.1) is 24.5 Å². The molecule has 0 saturated carbocycles. The van der Waals surface area contributed by atoms with Gasteiger partial charge >= 0.3 is 17.9 Å². The van der Waals surface area contributed by atoms with E-state index in [9.17, 15) is 24.3 Å². The standard InChI is InChI=1S/C29H37N3O10/c1-15(40-22(34)9-12-31-21(33)7-5-17(30)26(35)36)27(37)41-19-8-10-29(38)20-14-16-4-6-18(39-3)24-23(16)28(29,25(19)42-24)11-13-32(20)2/h4,6,8,15,17,20,25,38H,5,7,9-14,30H2,1-3H3,(H,31,33)(H,35,36)/t15-,17-,20-,25+,28+,29-/m0/s1. The van der Waals surface area contributed by atoms with Crippen molar-refractivity contribution < 1.29 is 48.3 Å². The maximum Gasteiger partial charge on any atom is 0.352 e. The Hall–Kier alpha value is -3.68. The molecule has 1 saturated heterocycles. The zero-order valence-electron chi connectivity index (χ0n) is 23.9. The number of aliphatic carboxylic acids is 1. The fourth-order valence-corrected chi connectivity index (χ4v) is 6.89. The van der Waals surface area contributed by atoms with Crippen LogP contribution < -0.4 is 20.5 Å². The monoisotopic (exact) mass is 587 g/mol. The van der Waals surface area contributed by atoms with E-state index in [4.69, 9.17) is 29.8 Å². The second kappa shape index (κ2) is 11.2. The number of nitrogens with two attached hydrogens (primary N) is 1. The molecule has 228 valence electrons. The summed E-state index contributed by atoms with van der Waals surface area (Å²) in [5.41, 5.74) is 5.38. The molecule has 1 fully saturated rings. The lowest BCUT2D eigenvalue weighted by Crippen LogP contribution is -2.74. The fraction of sp³-hybridized carbons (Fsp3) is 0.586. The SMILES string of the molecule is COc1ccc2c3c1O[C@@H]1C(OC(=O)[C@H](C)OC(=O)CCNC(=O)CC[C@H](N)C(=O)O)=CC[C@]4(O)[C@H](C2)N(C)CC[C@@]314. The molecule has 2 heterocycles. The molecule has 2 aliphatic carbocycles. The Labute approximate surface area is 242 Å². The van der Waals surface area contributed by atoms with Gasteiger partial charge in [0.15, 0.2) is 23.7 Å². The van der Waals surface area contributed by atoms with Gasteiger partial charge in [-0.2, -0.15) is 0 Å². The Morgan fingerprint density at radius 2 is 2.02 bits per heavy atom. The number of rotatable bonds is 11. The van der Waals surface area contributed by atoms with Crippen molar-refractivity contribution >= 4 is 23.8 Å². The zero-order chi connectivity index (χ0) is 30.4. The smallest absolute Gasteiger partial charge is 0.352 e. The van der Waals surface area contributed by atoms with Crippen molar-refractivity contribution in [3.63, 3.8) is 0 Å². The van der Waals surface area contributed by atoms with Crippen LogP contribution in [0.25, 0.3) is 0 Å². The lowest BCUT2D eigenvalue weighted by Gasteiger charge is -2.61. The summed E-state index contributed by atoms with van der Waals surface area (Å²) in [7, 11) is 3.56. The molecule has 1 aromatic carbocycles. The Balaban J connectivity index is 1.23. The first-order valence-corrected chi connectivity index (χ1v) is 14.1. The lowest BCUT2D eigenvalue weighted by molar-refractivity contribution is -0.175. The molecular formula is C29H37N3O10. The predicted molar refractivity (Wildman–Crippen MR) is 146 cm³/mol. The van der Waals surface area contributed by atoms with Gasteiger partial charge in [0, 0.05) is 31.0 Å². The van der Waals surface area contributed by atoms with Crippen LogP contribution in [-0.4, -0.2) is 96.1 Å². The molecule has 1 aromatic rings. The van der Waals surface area contributed by atoms with E-state index in [1.54, 1.807) is 13.2 Å². The van der Waals surface area contributed by atoms with E-state index < -0.39 is 53.1 Å². The molecule has 0 radical (unpaired) electrons. The molecule has 13 heteroatoms. The molecule has 2 aliphatic heterocycles. The van der Waals surface area contributed by atoms with Crippen LogP contribution in [0.3, 0.4) is 0 Å². The highest BCUT2D eigenvalue weighted by molar-refractivity contribution is 5.81. The molecule has 13 nitrogen and oxygen atoms in total. The number of aliphatic hydroxyl groups is 1. The molecule has 4 aliphatic rings. The summed E-state index contributed by atoms with van der Waals surface area (Å²) < 4.78 is 23.1. The third-order valence-electron chi connectivity index (χ3n) is 9.07. The predicted octanol–water partition coefficient (Wildman–Crippen LogP) is 0.146. The number of likely N-dealkylation sites (N-methyl/N-ethyl adjacent to an activating group) is 1. The maximum absolute atomic E-state index is 13.1. The Morgan fingerprint density at radius 3 is 2.74 bits per heavy atom. The molecular weight excluding hydrogens is 550 g/mol. The van der Waals surface area contributed by atoms with Crippen LogP contribution in [0, 0.1) is 0 Å². The maximum atomic E-state index is 13.1. The molecule has 0 unspecified atom stereocenters. The van der Waals surface area contributed by atoms with Crippen LogP contribution in [0.4, 0.5) is 0 Å². The summed E-state index contributed by atoms with van der Waals surface area (Å²) in [5.74, 6) is -1.82. The number of carboxylic acids is 1. The average molecular weight is 588 g/mol. The number of hydrogen-bond donors (Lipinski definition) is 4. The third kappa shape index (κ3) is 4.78. The summed E-state index contributed by atoms with van der Waals surface area (Å²) in [6.07, 6.45) is 0.832. The van der Waals surface area contributed by atoms with Gasteiger partial charge in [0.25, 0.3) is 0 Å². The van der Waals surface area contributed by atoms with Gasteiger partial charge in [-0.05, 0) is 57.5 Å². The normalized spacial score (nSPS) is 28.4. The minimum atomic E-state index is -1.24. The molecule has 5 N–H and O–H groups in total. The second-order valence-electron chi connectivity index (χ2n) is 11.4. The highest BCUT2D eigenvalue weighted by Crippen LogP contribution is 2.65. The number of carboxylic acid groups (broad SMARTS) is 1. The van der Waals surface area contributed by atoms with Crippen molar-refractivity contribution in [2.75, 3.05) is 27.2 Å². The first-order valence-electron chi connectivity index (χ1n) is 14.1. The Morgan fingerprint density at radius 1 is 1.26 bits per heavy atom. The van der Waals surface area contributed by atoms with Crippen molar-refractivity contribution in [2.45, 2.75) is 80.8 Å². The number of benzene rings is 1. The van der Waals surface area contributed by atoms with Crippen LogP contribution >= 0.6 is 0 Å². The number of piperidine rings is 1. The summed E-state index contributed by atoms with van der Waals surface area (Å²) in [4.78, 5) is 50.2. The van der Waals surface area contributed by atoms with Gasteiger partial charge in [-0.15, -0.1) is 0 Å². The van der Waals surface area contributed by atoms with Crippen LogP contribution in [0.1, 0.15) is 50.2 Å². The van der Waals surface area contributed by atoms with Gasteiger partial charge in [-0.1, -0.05) is 6.07 Å². The number of methoxy groups -OCH3 is 1. The summed E-state index contributed by atoms with van der Waals surface area (Å²) in [6, 6.07) is 2.57. The van der Waals surface area contributed by atoms with E-state index in [0.717, 1.165) is 17.7 Å². The molecule has 0 aromatic heterocycles. The quantitative estimate of drug-likeness (QED) is 0.257. The van der Waals surface area contributed by atoms with E-state index in [0.29, 0.717) is 24.3 Å². The van der Waals surface area contributed by atoms with Gasteiger partial charge < -0.3 is 45.1 Å². The number of amides is 1. The number of ether oxygens (including phenoxy) is 4.